The van der Waals surface area contributed by atoms with Crippen molar-refractivity contribution < 1.29 is 60.6 Å². The maximum Gasteiger partial charge on any atom is 0.399 e. The van der Waals surface area contributed by atoms with Gasteiger partial charge in [0.05, 0.1) is 7.11 Å². The van der Waals surface area contributed by atoms with Crippen molar-refractivity contribution in [2.24, 2.45) is 5.41 Å². The molecule has 3 rings (SSSR count). The molecule has 0 unspecified atom stereocenters. The third-order valence-corrected chi connectivity index (χ3v) is 8.63. The summed E-state index contributed by atoms with van der Waals surface area (Å²) in [6, 6.07) is 15.7. The molecule has 43 heavy (non-hydrogen) atoms. The van der Waals surface area contributed by atoms with Gasteiger partial charge in [-0.1, -0.05) is 78.9 Å². The van der Waals surface area contributed by atoms with Crippen LogP contribution in [0.4, 0.5) is 17.6 Å². The first-order valence-corrected chi connectivity index (χ1v) is 15.5. The van der Waals surface area contributed by atoms with Gasteiger partial charge in [-0.2, -0.15) is 17.6 Å². The van der Waals surface area contributed by atoms with E-state index < -0.39 is 67.8 Å². The van der Waals surface area contributed by atoms with Gasteiger partial charge in [0.1, 0.15) is 0 Å². The number of halogens is 4. The van der Waals surface area contributed by atoms with Crippen molar-refractivity contribution in [3.8, 4) is 0 Å². The summed E-state index contributed by atoms with van der Waals surface area (Å²) in [5.74, 6) is -1.95. The lowest BCUT2D eigenvalue weighted by Crippen LogP contribution is -2.50. The third kappa shape index (κ3) is 7.41. The Labute approximate surface area is 243 Å². The molecule has 1 amide bonds. The van der Waals surface area contributed by atoms with Gasteiger partial charge in [-0.05, 0) is 29.5 Å². The van der Waals surface area contributed by atoms with Gasteiger partial charge < -0.3 is 29.6 Å². The Balaban J connectivity index is 2.05. The van der Waals surface area contributed by atoms with E-state index in [4.69, 9.17) is 24.3 Å². The molecule has 0 bridgehead atoms. The Morgan fingerprint density at radius 1 is 0.698 bits per heavy atom. The van der Waals surface area contributed by atoms with Crippen molar-refractivity contribution in [1.29, 1.82) is 0 Å². The normalized spacial score (nSPS) is 13.0. The minimum Gasteiger partial charge on any atom is -0.468 e. The van der Waals surface area contributed by atoms with Crippen LogP contribution in [0.3, 0.4) is 0 Å². The van der Waals surface area contributed by atoms with Crippen LogP contribution >= 0.6 is 15.2 Å². The summed E-state index contributed by atoms with van der Waals surface area (Å²) < 4.78 is 84.2. The van der Waals surface area contributed by atoms with Crippen LogP contribution in [0.5, 0.6) is 0 Å². The predicted molar refractivity (Wildman–Crippen MR) is 145 cm³/mol. The molecule has 0 saturated carbocycles. The number of benzene rings is 3. The average Bonchev–Trinajstić information content (AvgIpc) is 2.95. The van der Waals surface area contributed by atoms with Gasteiger partial charge >= 0.3 is 32.5 Å². The van der Waals surface area contributed by atoms with Crippen LogP contribution in [0.15, 0.2) is 78.9 Å². The van der Waals surface area contributed by atoms with Gasteiger partial charge in [-0.3, -0.25) is 18.7 Å². The van der Waals surface area contributed by atoms with Crippen LogP contribution in [0.2, 0.25) is 0 Å². The van der Waals surface area contributed by atoms with E-state index in [1.165, 1.54) is 0 Å². The molecule has 0 radical (unpaired) electrons. The summed E-state index contributed by atoms with van der Waals surface area (Å²) >= 11 is 0. The number of hydrogen-bond acceptors (Lipinski definition) is 5. The Kier molecular flexibility index (Phi) is 10.1. The lowest BCUT2D eigenvalue weighted by atomic mass is 9.75. The van der Waals surface area contributed by atoms with Gasteiger partial charge in [-0.15, -0.1) is 0 Å². The fourth-order valence-electron chi connectivity index (χ4n) is 4.28. The number of hydrogen-bond donors (Lipinski definition) is 5. The quantitative estimate of drug-likeness (QED) is 0.0828. The molecular weight excluding hydrogens is 620 g/mol. The Hall–Kier alpha value is -3.38. The van der Waals surface area contributed by atoms with Crippen molar-refractivity contribution in [2.45, 2.75) is 30.7 Å². The van der Waals surface area contributed by atoms with E-state index in [2.05, 4.69) is 5.32 Å². The molecule has 232 valence electrons. The van der Waals surface area contributed by atoms with E-state index >= 15 is 0 Å². The molecule has 0 aliphatic carbocycles. The molecule has 0 aliphatic rings. The summed E-state index contributed by atoms with van der Waals surface area (Å²) in [6.45, 7) is -0.0424. The number of alkyl halides is 4. The van der Waals surface area contributed by atoms with Crippen LogP contribution in [-0.4, -0.2) is 38.6 Å². The lowest BCUT2D eigenvalue weighted by molar-refractivity contribution is -0.159. The Morgan fingerprint density at radius 3 is 1.44 bits per heavy atom. The molecule has 0 heterocycles. The second-order valence-corrected chi connectivity index (χ2v) is 13.0. The maximum atomic E-state index is 14.2. The summed E-state index contributed by atoms with van der Waals surface area (Å²) in [5.41, 5.74) is -12.3. The Morgan fingerprint density at radius 2 is 1.09 bits per heavy atom. The molecule has 0 spiro atoms. The van der Waals surface area contributed by atoms with Gasteiger partial charge in [0.25, 0.3) is 0 Å². The molecule has 0 saturated heterocycles. The van der Waals surface area contributed by atoms with Crippen molar-refractivity contribution >= 4 is 27.1 Å². The molecule has 0 atom stereocenters. The van der Waals surface area contributed by atoms with E-state index in [1.54, 1.807) is 30.3 Å². The van der Waals surface area contributed by atoms with E-state index in [9.17, 15) is 36.3 Å². The van der Waals surface area contributed by atoms with Crippen LogP contribution < -0.4 is 5.32 Å². The smallest absolute Gasteiger partial charge is 0.399 e. The third-order valence-electron chi connectivity index (χ3n) is 6.65. The first kappa shape index (κ1) is 34.1. The molecule has 5 N–H and O–H groups in total. The zero-order valence-corrected chi connectivity index (χ0v) is 24.2. The zero-order chi connectivity index (χ0) is 32.3. The summed E-state index contributed by atoms with van der Waals surface area (Å²) in [6.07, 6.45) is -0.967. The highest BCUT2D eigenvalue weighted by atomic mass is 31.2. The van der Waals surface area contributed by atoms with Crippen LogP contribution in [0.25, 0.3) is 0 Å². The minimum absolute atomic E-state index is 0.0424. The molecule has 16 heteroatoms. The van der Waals surface area contributed by atoms with E-state index in [1.807, 2.05) is 0 Å². The van der Waals surface area contributed by atoms with Gasteiger partial charge in [0.15, 0.2) is 5.41 Å². The number of methoxy groups -OCH3 is 1. The molecule has 0 fully saturated rings. The van der Waals surface area contributed by atoms with Crippen LogP contribution in [-0.2, 0) is 54.2 Å². The minimum atomic E-state index is -5.87. The molecular formula is C27H27F4NO9P2. The molecule has 0 aromatic heterocycles. The average molecular weight is 647 g/mol. The number of carbonyl (C=O) groups excluding carboxylic acids is 2. The first-order chi connectivity index (χ1) is 19.8. The fourth-order valence-corrected chi connectivity index (χ4v) is 5.25. The summed E-state index contributed by atoms with van der Waals surface area (Å²) in [5, 5.41) is 2.62. The monoisotopic (exact) mass is 647 g/mol. The van der Waals surface area contributed by atoms with Crippen LogP contribution in [0.1, 0.15) is 27.8 Å². The van der Waals surface area contributed by atoms with Crippen molar-refractivity contribution in [1.82, 2.24) is 5.32 Å². The van der Waals surface area contributed by atoms with E-state index in [-0.39, 0.29) is 17.7 Å². The number of amides is 1. The number of ether oxygens (including phenoxy) is 1. The molecule has 10 nitrogen and oxygen atoms in total. The molecule has 0 aliphatic heterocycles. The second kappa shape index (κ2) is 12.7. The summed E-state index contributed by atoms with van der Waals surface area (Å²) in [4.78, 5) is 63.1. The second-order valence-electron chi connectivity index (χ2n) is 9.66. The standard InChI is InChI=1S/C27H27F4NO9P2/c1-41-24(34)25(23(33)32-17-20-5-3-2-4-6-20,15-18-7-11-21(12-8-18)26(28,29)42(35,36)37)16-19-9-13-22(14-10-19)27(30,31)43(38,39)40/h2-14H,15-17H2,1H3,(H,32,33)(H2,35,36,37)(H2,38,39,40). The van der Waals surface area contributed by atoms with Gasteiger partial charge in [0, 0.05) is 17.7 Å². The van der Waals surface area contributed by atoms with Crippen molar-refractivity contribution in [3.63, 3.8) is 0 Å². The van der Waals surface area contributed by atoms with Crippen molar-refractivity contribution in [2.75, 3.05) is 7.11 Å². The van der Waals surface area contributed by atoms with Gasteiger partial charge in [0.2, 0.25) is 5.91 Å². The van der Waals surface area contributed by atoms with E-state index in [0.29, 0.717) is 5.56 Å². The predicted octanol–water partition coefficient (Wildman–Crippen LogP) is 4.40. The number of carbonyl (C=O) groups is 2. The maximum absolute atomic E-state index is 14.2. The topological polar surface area (TPSA) is 170 Å². The molecule has 3 aromatic rings. The SMILES string of the molecule is COC(=O)C(Cc1ccc(C(F)(F)P(=O)(O)O)cc1)(Cc1ccc(C(F)(F)P(=O)(O)O)cc1)C(=O)NCc1ccccc1. The summed E-state index contributed by atoms with van der Waals surface area (Å²) in [7, 11) is -10.7. The zero-order valence-electron chi connectivity index (χ0n) is 22.4. The highest BCUT2D eigenvalue weighted by Gasteiger charge is 2.52. The number of nitrogens with one attached hydrogen (secondary N) is 1. The largest absolute Gasteiger partial charge is 0.468 e. The Bertz CT molecular complexity index is 1460. The highest BCUT2D eigenvalue weighted by Crippen LogP contribution is 2.60. The first-order valence-electron chi connectivity index (χ1n) is 12.3. The fraction of sp³-hybridized carbons (Fsp3) is 0.259. The van der Waals surface area contributed by atoms with Crippen LogP contribution in [0, 0.1) is 5.41 Å². The van der Waals surface area contributed by atoms with E-state index in [0.717, 1.165) is 55.6 Å². The molecule has 3 aromatic carbocycles. The number of rotatable bonds is 12. The highest BCUT2D eigenvalue weighted by molar-refractivity contribution is 7.52. The number of esters is 1. The lowest BCUT2D eigenvalue weighted by Gasteiger charge is -2.30. The van der Waals surface area contributed by atoms with Crippen molar-refractivity contribution in [3.05, 3.63) is 107 Å². The van der Waals surface area contributed by atoms with Gasteiger partial charge in [-0.25, -0.2) is 0 Å².